The lowest BCUT2D eigenvalue weighted by molar-refractivity contribution is -0.145. The molecule has 1 aromatic heterocycles. The first-order chi connectivity index (χ1) is 9.49. The van der Waals surface area contributed by atoms with Gasteiger partial charge in [0.2, 0.25) is 11.7 Å². The van der Waals surface area contributed by atoms with Crippen LogP contribution in [0.3, 0.4) is 0 Å². The van der Waals surface area contributed by atoms with Gasteiger partial charge in [-0.05, 0) is 25.7 Å². The highest BCUT2D eigenvalue weighted by Crippen LogP contribution is 2.30. The number of rotatable bonds is 3. The fourth-order valence-electron chi connectivity index (χ4n) is 2.22. The van der Waals surface area contributed by atoms with Gasteiger partial charge in [0, 0.05) is 6.07 Å². The molecule has 20 heavy (non-hydrogen) atoms. The summed E-state index contributed by atoms with van der Waals surface area (Å²) in [6.45, 7) is 0. The first-order valence-electron chi connectivity index (χ1n) is 6.58. The molecule has 1 aliphatic rings. The highest BCUT2D eigenvalue weighted by molar-refractivity contribution is 5.37. The molecule has 0 aromatic carbocycles. The summed E-state index contributed by atoms with van der Waals surface area (Å²) in [7, 11) is 0. The Hall–Kier alpha value is -1.57. The first-order valence-corrected chi connectivity index (χ1v) is 6.58. The van der Waals surface area contributed by atoms with E-state index in [-0.39, 0.29) is 17.8 Å². The van der Waals surface area contributed by atoms with Gasteiger partial charge in [0.25, 0.3) is 0 Å². The molecule has 1 fully saturated rings. The predicted molar refractivity (Wildman–Crippen MR) is 67.0 cm³/mol. The zero-order valence-corrected chi connectivity index (χ0v) is 10.9. The number of nitrogens with zero attached hydrogens (tertiary/aromatic N) is 2. The summed E-state index contributed by atoms with van der Waals surface area (Å²) in [6, 6.07) is 1.28. The van der Waals surface area contributed by atoms with Crippen molar-refractivity contribution in [2.24, 2.45) is 5.84 Å². The maximum Gasteiger partial charge on any atom is 0.451 e. The van der Waals surface area contributed by atoms with Crippen molar-refractivity contribution in [1.82, 2.24) is 9.97 Å². The van der Waals surface area contributed by atoms with Crippen LogP contribution in [0.4, 0.5) is 19.0 Å². The Labute approximate surface area is 114 Å². The average Bonchev–Trinajstić information content (AvgIpc) is 2.66. The van der Waals surface area contributed by atoms with Gasteiger partial charge in [-0.15, -0.1) is 0 Å². The van der Waals surface area contributed by atoms with E-state index in [0.29, 0.717) is 0 Å². The molecule has 112 valence electrons. The molecule has 0 unspecified atom stereocenters. The van der Waals surface area contributed by atoms with Crippen molar-refractivity contribution >= 4 is 5.82 Å². The fraction of sp³-hybridized carbons (Fsp3) is 0.667. The van der Waals surface area contributed by atoms with Gasteiger partial charge in [0.05, 0.1) is 0 Å². The second-order valence-corrected chi connectivity index (χ2v) is 4.79. The number of nitrogens with one attached hydrogen (secondary N) is 1. The van der Waals surface area contributed by atoms with E-state index in [0.717, 1.165) is 38.5 Å². The number of hydrazine groups is 1. The third-order valence-electron chi connectivity index (χ3n) is 3.19. The Balaban J connectivity index is 2.17. The number of hydrogen-bond acceptors (Lipinski definition) is 5. The van der Waals surface area contributed by atoms with Crippen molar-refractivity contribution in [1.29, 1.82) is 0 Å². The molecule has 0 atom stereocenters. The lowest BCUT2D eigenvalue weighted by atomic mass is 10.1. The van der Waals surface area contributed by atoms with Crippen molar-refractivity contribution in [3.63, 3.8) is 0 Å². The van der Waals surface area contributed by atoms with Gasteiger partial charge in [0.15, 0.2) is 0 Å². The van der Waals surface area contributed by atoms with Crippen molar-refractivity contribution in [3.05, 3.63) is 11.9 Å². The largest absolute Gasteiger partial charge is 0.474 e. The topological polar surface area (TPSA) is 73.1 Å². The summed E-state index contributed by atoms with van der Waals surface area (Å²) >= 11 is 0. The number of nitrogen functional groups attached to an aromatic ring is 1. The normalized spacial score (nSPS) is 17.6. The molecule has 0 radical (unpaired) electrons. The number of anilines is 1. The first kappa shape index (κ1) is 14.8. The van der Waals surface area contributed by atoms with Gasteiger partial charge in [0.1, 0.15) is 11.9 Å². The Morgan fingerprint density at radius 1 is 1.15 bits per heavy atom. The molecule has 2 rings (SSSR count). The van der Waals surface area contributed by atoms with Crippen LogP contribution in [0, 0.1) is 0 Å². The number of aromatic nitrogens is 2. The van der Waals surface area contributed by atoms with Crippen LogP contribution in [0.2, 0.25) is 0 Å². The molecule has 0 spiro atoms. The van der Waals surface area contributed by atoms with Crippen LogP contribution < -0.4 is 16.0 Å². The van der Waals surface area contributed by atoms with Gasteiger partial charge in [-0.3, -0.25) is 0 Å². The van der Waals surface area contributed by atoms with E-state index in [1.807, 2.05) is 0 Å². The lowest BCUT2D eigenvalue weighted by Crippen LogP contribution is -2.20. The second-order valence-electron chi connectivity index (χ2n) is 4.79. The monoisotopic (exact) mass is 290 g/mol. The highest BCUT2D eigenvalue weighted by atomic mass is 19.4. The van der Waals surface area contributed by atoms with Gasteiger partial charge in [-0.2, -0.15) is 18.2 Å². The molecule has 0 bridgehead atoms. The Morgan fingerprint density at radius 3 is 2.35 bits per heavy atom. The van der Waals surface area contributed by atoms with Gasteiger partial charge in [-0.1, -0.05) is 12.8 Å². The van der Waals surface area contributed by atoms with E-state index in [9.17, 15) is 13.2 Å². The van der Waals surface area contributed by atoms with Crippen molar-refractivity contribution in [3.8, 4) is 5.88 Å². The van der Waals surface area contributed by atoms with E-state index in [1.165, 1.54) is 6.07 Å². The van der Waals surface area contributed by atoms with Crippen molar-refractivity contribution in [2.45, 2.75) is 50.8 Å². The number of halogens is 3. The van der Waals surface area contributed by atoms with E-state index in [1.54, 1.807) is 0 Å². The highest BCUT2D eigenvalue weighted by Gasteiger charge is 2.36. The van der Waals surface area contributed by atoms with Crippen LogP contribution in [-0.2, 0) is 6.18 Å². The van der Waals surface area contributed by atoms with Crippen molar-refractivity contribution in [2.75, 3.05) is 5.43 Å². The molecular weight excluding hydrogens is 273 g/mol. The van der Waals surface area contributed by atoms with Gasteiger partial charge < -0.3 is 10.2 Å². The Morgan fingerprint density at radius 2 is 1.80 bits per heavy atom. The molecule has 0 amide bonds. The van der Waals surface area contributed by atoms with Gasteiger partial charge >= 0.3 is 6.18 Å². The molecule has 1 aliphatic carbocycles. The summed E-state index contributed by atoms with van der Waals surface area (Å²) in [4.78, 5) is 6.71. The number of ether oxygens (including phenoxy) is 1. The summed E-state index contributed by atoms with van der Waals surface area (Å²) in [6.07, 6.45) is 1.23. The molecule has 8 heteroatoms. The van der Waals surface area contributed by atoms with E-state index >= 15 is 0 Å². The molecule has 0 aliphatic heterocycles. The smallest absolute Gasteiger partial charge is 0.451 e. The quantitative estimate of drug-likeness (QED) is 0.509. The average molecular weight is 290 g/mol. The predicted octanol–water partition coefficient (Wildman–Crippen LogP) is 2.88. The van der Waals surface area contributed by atoms with E-state index < -0.39 is 12.0 Å². The van der Waals surface area contributed by atoms with Gasteiger partial charge in [-0.25, -0.2) is 10.8 Å². The second kappa shape index (κ2) is 6.25. The Kier molecular flexibility index (Phi) is 4.64. The van der Waals surface area contributed by atoms with Crippen LogP contribution in [0.5, 0.6) is 5.88 Å². The number of nitrogens with two attached hydrogens (primary N) is 1. The third-order valence-corrected chi connectivity index (χ3v) is 3.19. The lowest BCUT2D eigenvalue weighted by Gasteiger charge is -2.17. The fourth-order valence-corrected chi connectivity index (χ4v) is 2.22. The van der Waals surface area contributed by atoms with E-state index in [2.05, 4.69) is 15.4 Å². The summed E-state index contributed by atoms with van der Waals surface area (Å²) < 4.78 is 43.6. The molecule has 1 heterocycles. The number of hydrogen-bond donors (Lipinski definition) is 2. The van der Waals surface area contributed by atoms with Crippen LogP contribution in [0.25, 0.3) is 0 Å². The molecule has 1 saturated carbocycles. The van der Waals surface area contributed by atoms with Crippen molar-refractivity contribution < 1.29 is 17.9 Å². The molecule has 3 N–H and O–H groups in total. The minimum absolute atomic E-state index is 0.0906. The maximum absolute atomic E-state index is 12.7. The summed E-state index contributed by atoms with van der Waals surface area (Å²) in [5.41, 5.74) is 2.10. The summed E-state index contributed by atoms with van der Waals surface area (Å²) in [5.74, 6) is 3.67. The standard InChI is InChI=1S/C12H17F3N4O/c13-12(14,15)11-17-9(19-16)7-10(18-11)20-8-5-3-1-2-4-6-8/h7-8H,1-6,16H2,(H,17,18,19). The number of alkyl halides is 3. The van der Waals surface area contributed by atoms with Crippen LogP contribution in [0.1, 0.15) is 44.3 Å². The maximum atomic E-state index is 12.7. The van der Waals surface area contributed by atoms with Crippen LogP contribution in [0.15, 0.2) is 6.07 Å². The molecule has 0 saturated heterocycles. The summed E-state index contributed by atoms with van der Waals surface area (Å²) in [5, 5.41) is 0. The molecule has 1 aromatic rings. The van der Waals surface area contributed by atoms with Crippen LogP contribution >= 0.6 is 0 Å². The molecule has 5 nitrogen and oxygen atoms in total. The molecular formula is C12H17F3N4O. The third kappa shape index (κ3) is 3.96. The zero-order chi connectivity index (χ0) is 14.6. The Bertz CT molecular complexity index is 445. The minimum atomic E-state index is -4.63. The van der Waals surface area contributed by atoms with Crippen LogP contribution in [-0.4, -0.2) is 16.1 Å². The minimum Gasteiger partial charge on any atom is -0.474 e. The van der Waals surface area contributed by atoms with E-state index in [4.69, 9.17) is 10.6 Å². The SMILES string of the molecule is NNc1cc(OC2CCCCCC2)nc(C(F)(F)F)n1. The zero-order valence-electron chi connectivity index (χ0n) is 10.9.